The summed E-state index contributed by atoms with van der Waals surface area (Å²) in [4.78, 5) is 11.7. The van der Waals surface area contributed by atoms with E-state index >= 15 is 0 Å². The molecule has 3 heterocycles. The van der Waals surface area contributed by atoms with Gasteiger partial charge in [-0.25, -0.2) is 9.97 Å². The van der Waals surface area contributed by atoms with E-state index in [1.807, 2.05) is 19.4 Å². The average molecular weight is 368 g/mol. The van der Waals surface area contributed by atoms with Crippen molar-refractivity contribution in [2.45, 2.75) is 25.1 Å². The van der Waals surface area contributed by atoms with Crippen molar-refractivity contribution in [3.8, 4) is 0 Å². The molecule has 0 spiro atoms. The number of aromatic nitrogens is 4. The second-order valence-corrected chi connectivity index (χ2v) is 6.90. The minimum Gasteiger partial charge on any atom is -0.344 e. The lowest BCUT2D eigenvalue weighted by Gasteiger charge is -2.40. The lowest BCUT2D eigenvalue weighted by Crippen LogP contribution is -2.41. The van der Waals surface area contributed by atoms with Crippen LogP contribution in [-0.2, 0) is 13.2 Å². The molecular weight excluding hydrogens is 345 g/mol. The molecular formula is C17H23F3N6. The molecule has 1 aliphatic rings. The summed E-state index contributed by atoms with van der Waals surface area (Å²) in [7, 11) is 5.69. The second kappa shape index (κ2) is 7.22. The maximum Gasteiger partial charge on any atom is 0.433 e. The van der Waals surface area contributed by atoms with Gasteiger partial charge in [0.1, 0.15) is 5.69 Å². The molecule has 0 bridgehead atoms. The molecule has 0 amide bonds. The number of aryl methyl sites for hydroxylation is 1. The molecule has 1 aliphatic heterocycles. The quantitative estimate of drug-likeness (QED) is 0.831. The maximum atomic E-state index is 12.9. The van der Waals surface area contributed by atoms with Crippen LogP contribution >= 0.6 is 0 Å². The van der Waals surface area contributed by atoms with Crippen LogP contribution in [0, 0.1) is 5.92 Å². The Bertz CT molecular complexity index is 744. The third-order valence-corrected chi connectivity index (χ3v) is 4.86. The van der Waals surface area contributed by atoms with Gasteiger partial charge in [-0.1, -0.05) is 0 Å². The highest BCUT2D eigenvalue weighted by Crippen LogP contribution is 2.36. The summed E-state index contributed by atoms with van der Waals surface area (Å²) in [5, 5.41) is 4.26. The molecule has 0 radical (unpaired) electrons. The highest BCUT2D eigenvalue weighted by molar-refractivity contribution is 5.30. The molecule has 2 aromatic rings. The number of halogens is 3. The van der Waals surface area contributed by atoms with E-state index in [9.17, 15) is 13.2 Å². The van der Waals surface area contributed by atoms with E-state index in [4.69, 9.17) is 0 Å². The van der Waals surface area contributed by atoms with Crippen LogP contribution < -0.4 is 4.90 Å². The van der Waals surface area contributed by atoms with Crippen molar-refractivity contribution in [3.63, 3.8) is 0 Å². The van der Waals surface area contributed by atoms with Crippen molar-refractivity contribution in [2.24, 2.45) is 13.0 Å². The van der Waals surface area contributed by atoms with Crippen LogP contribution in [0.15, 0.2) is 24.7 Å². The van der Waals surface area contributed by atoms with Crippen molar-refractivity contribution < 1.29 is 13.2 Å². The maximum absolute atomic E-state index is 12.9. The third kappa shape index (κ3) is 3.98. The number of likely N-dealkylation sites (tertiary alicyclic amines) is 1. The van der Waals surface area contributed by atoms with Crippen LogP contribution in [0.1, 0.15) is 30.1 Å². The Morgan fingerprint density at radius 2 is 2.08 bits per heavy atom. The molecule has 0 unspecified atom stereocenters. The zero-order valence-corrected chi connectivity index (χ0v) is 15.1. The van der Waals surface area contributed by atoms with Gasteiger partial charge < -0.3 is 4.90 Å². The molecule has 26 heavy (non-hydrogen) atoms. The first-order valence-corrected chi connectivity index (χ1v) is 8.56. The Morgan fingerprint density at radius 1 is 1.31 bits per heavy atom. The van der Waals surface area contributed by atoms with Crippen LogP contribution in [0.2, 0.25) is 0 Å². The fourth-order valence-corrected chi connectivity index (χ4v) is 3.69. The molecule has 2 atom stereocenters. The van der Waals surface area contributed by atoms with E-state index in [1.165, 1.54) is 0 Å². The van der Waals surface area contributed by atoms with Gasteiger partial charge in [0.25, 0.3) is 0 Å². The van der Waals surface area contributed by atoms with Gasteiger partial charge in [-0.2, -0.15) is 18.3 Å². The fourth-order valence-electron chi connectivity index (χ4n) is 3.69. The molecule has 3 rings (SSSR count). The third-order valence-electron chi connectivity index (χ3n) is 4.86. The summed E-state index contributed by atoms with van der Waals surface area (Å²) in [6.07, 6.45) is 2.60. The molecule has 1 fully saturated rings. The Morgan fingerprint density at radius 3 is 2.73 bits per heavy atom. The van der Waals surface area contributed by atoms with E-state index in [0.717, 1.165) is 37.2 Å². The summed E-state index contributed by atoms with van der Waals surface area (Å²) < 4.78 is 40.5. The number of nitrogens with zero attached hydrogens (tertiary/aromatic N) is 6. The normalized spacial score (nSPS) is 21.8. The average Bonchev–Trinajstić information content (AvgIpc) is 3.00. The number of hydrogen-bond donors (Lipinski definition) is 0. The van der Waals surface area contributed by atoms with E-state index in [1.54, 1.807) is 16.6 Å². The number of piperidine rings is 1. The molecule has 1 saturated heterocycles. The van der Waals surface area contributed by atoms with Gasteiger partial charge >= 0.3 is 6.18 Å². The summed E-state index contributed by atoms with van der Waals surface area (Å²) in [5.41, 5.74) is 0.206. The Labute approximate surface area is 150 Å². The van der Waals surface area contributed by atoms with Crippen molar-refractivity contribution in [2.75, 3.05) is 32.1 Å². The van der Waals surface area contributed by atoms with E-state index in [2.05, 4.69) is 27.0 Å². The van der Waals surface area contributed by atoms with Gasteiger partial charge in [0.15, 0.2) is 0 Å². The predicted molar refractivity (Wildman–Crippen MR) is 91.6 cm³/mol. The standard InChI is InChI=1S/C17H23F3N6/c1-24-8-4-5-12(15(24)13-9-22-26(3)11-13)10-25(2)16-21-7-6-14(23-16)17(18,19)20/h6-7,9,11-12,15H,4-5,8,10H2,1-3H3/t12-,15+/m0/s1. The zero-order chi connectivity index (χ0) is 18.9. The van der Waals surface area contributed by atoms with Gasteiger partial charge in [0, 0.05) is 44.6 Å². The molecule has 142 valence electrons. The summed E-state index contributed by atoms with van der Waals surface area (Å²) in [6.45, 7) is 1.56. The van der Waals surface area contributed by atoms with Gasteiger partial charge in [0.05, 0.1) is 6.20 Å². The number of anilines is 1. The fraction of sp³-hybridized carbons (Fsp3) is 0.588. The van der Waals surface area contributed by atoms with Gasteiger partial charge in [0.2, 0.25) is 5.95 Å². The summed E-state index contributed by atoms with van der Waals surface area (Å²) in [6, 6.07) is 1.06. The van der Waals surface area contributed by atoms with Crippen LogP contribution in [0.5, 0.6) is 0 Å². The summed E-state index contributed by atoms with van der Waals surface area (Å²) >= 11 is 0. The molecule has 0 N–H and O–H groups in total. The SMILES string of the molecule is CN(C[C@@H]1CCCN(C)[C@H]1c1cnn(C)c1)c1nccc(C(F)(F)F)n1. The van der Waals surface area contributed by atoms with Crippen LogP contribution in [0.3, 0.4) is 0 Å². The topological polar surface area (TPSA) is 50.1 Å². The van der Waals surface area contributed by atoms with Crippen molar-refractivity contribution in [1.29, 1.82) is 0 Å². The van der Waals surface area contributed by atoms with E-state index in [-0.39, 0.29) is 17.9 Å². The molecule has 0 aromatic carbocycles. The Balaban J connectivity index is 1.79. The lowest BCUT2D eigenvalue weighted by atomic mass is 9.86. The van der Waals surface area contributed by atoms with Gasteiger partial charge in [-0.15, -0.1) is 0 Å². The number of hydrogen-bond acceptors (Lipinski definition) is 5. The molecule has 9 heteroatoms. The monoisotopic (exact) mass is 368 g/mol. The van der Waals surface area contributed by atoms with Crippen molar-refractivity contribution >= 4 is 5.95 Å². The first-order chi connectivity index (χ1) is 12.3. The van der Waals surface area contributed by atoms with E-state index < -0.39 is 11.9 Å². The van der Waals surface area contributed by atoms with Crippen LogP contribution in [0.25, 0.3) is 0 Å². The summed E-state index contributed by atoms with van der Waals surface area (Å²) in [5.74, 6) is 0.346. The second-order valence-electron chi connectivity index (χ2n) is 6.90. The van der Waals surface area contributed by atoms with Gasteiger partial charge in [-0.3, -0.25) is 9.58 Å². The highest BCUT2D eigenvalue weighted by Gasteiger charge is 2.35. The molecule has 0 aliphatic carbocycles. The highest BCUT2D eigenvalue weighted by atomic mass is 19.4. The number of alkyl halides is 3. The first kappa shape index (κ1) is 18.6. The zero-order valence-electron chi connectivity index (χ0n) is 15.1. The minimum atomic E-state index is -4.47. The molecule has 2 aromatic heterocycles. The van der Waals surface area contributed by atoms with Crippen molar-refractivity contribution in [3.05, 3.63) is 35.9 Å². The van der Waals surface area contributed by atoms with Crippen LogP contribution in [0.4, 0.5) is 19.1 Å². The number of rotatable bonds is 4. The smallest absolute Gasteiger partial charge is 0.344 e. The predicted octanol–water partition coefficient (Wildman–Crippen LogP) is 2.75. The Kier molecular flexibility index (Phi) is 5.17. The van der Waals surface area contributed by atoms with Crippen LogP contribution in [-0.4, -0.2) is 51.8 Å². The first-order valence-electron chi connectivity index (χ1n) is 8.56. The minimum absolute atomic E-state index is 0.0954. The largest absolute Gasteiger partial charge is 0.433 e. The van der Waals surface area contributed by atoms with Crippen molar-refractivity contribution in [1.82, 2.24) is 24.6 Å². The Hall–Kier alpha value is -2.16. The van der Waals surface area contributed by atoms with E-state index in [0.29, 0.717) is 6.54 Å². The molecule has 0 saturated carbocycles. The van der Waals surface area contributed by atoms with Gasteiger partial charge in [-0.05, 0) is 38.4 Å². The lowest BCUT2D eigenvalue weighted by molar-refractivity contribution is -0.141. The molecule has 6 nitrogen and oxygen atoms in total.